The van der Waals surface area contributed by atoms with Gasteiger partial charge in [-0.15, -0.1) is 0 Å². The van der Waals surface area contributed by atoms with E-state index in [1.165, 1.54) is 22.7 Å². The van der Waals surface area contributed by atoms with Crippen LogP contribution < -0.4 is 5.19 Å². The summed E-state index contributed by atoms with van der Waals surface area (Å²) in [4.78, 5) is 0. The Morgan fingerprint density at radius 1 is 0.867 bits per heavy atom. The molecule has 0 saturated carbocycles. The van der Waals surface area contributed by atoms with Crippen molar-refractivity contribution in [3.05, 3.63) is 54.1 Å². The summed E-state index contributed by atoms with van der Waals surface area (Å²) < 4.78 is 0. The Balaban J connectivity index is 2.30. The molecule has 0 N–H and O–H groups in total. The largest absolute Gasteiger partial charge is 0.0877 e. The third-order valence-corrected chi connectivity index (χ3v) is 5.42. The maximum Gasteiger partial charge on any atom is 0.0877 e. The zero-order chi connectivity index (χ0) is 10.3. The van der Waals surface area contributed by atoms with Crippen molar-refractivity contribution in [3.8, 4) is 11.1 Å². The lowest BCUT2D eigenvalue weighted by molar-refractivity contribution is 1.34. The lowest BCUT2D eigenvalue weighted by Crippen LogP contribution is -2.34. The summed E-state index contributed by atoms with van der Waals surface area (Å²) in [5, 5.41) is 1.60. The van der Waals surface area contributed by atoms with Gasteiger partial charge in [0.2, 0.25) is 0 Å². The molecule has 2 aromatic carbocycles. The Morgan fingerprint density at radius 2 is 1.53 bits per heavy atom. The smallest absolute Gasteiger partial charge is 0.0666 e. The Hall–Kier alpha value is -1.34. The van der Waals surface area contributed by atoms with Crippen molar-refractivity contribution in [1.82, 2.24) is 0 Å². The van der Waals surface area contributed by atoms with Crippen LogP contribution >= 0.6 is 0 Å². The van der Waals surface area contributed by atoms with Crippen LogP contribution in [0.2, 0.25) is 6.55 Å². The number of hydrogen-bond donors (Lipinski definition) is 0. The van der Waals surface area contributed by atoms with Gasteiger partial charge in [-0.05, 0) is 22.7 Å². The summed E-state index contributed by atoms with van der Waals surface area (Å²) >= 11 is 0. The number of rotatable bonds is 0. The second-order valence-electron chi connectivity index (χ2n) is 4.16. The number of fused-ring (bicyclic) bond motifs is 3. The Bertz CT molecular complexity index is 502. The predicted molar refractivity (Wildman–Crippen MR) is 66.8 cm³/mol. The quantitative estimate of drug-likeness (QED) is 0.585. The molecule has 0 unspecified atom stereocenters. The van der Waals surface area contributed by atoms with Crippen LogP contribution in [-0.4, -0.2) is 8.80 Å². The Morgan fingerprint density at radius 3 is 2.40 bits per heavy atom. The van der Waals surface area contributed by atoms with Crippen LogP contribution in [0.15, 0.2) is 48.5 Å². The third kappa shape index (κ3) is 1.35. The Labute approximate surface area is 92.2 Å². The molecule has 0 aliphatic carbocycles. The summed E-state index contributed by atoms with van der Waals surface area (Å²) in [7, 11) is -0.362. The van der Waals surface area contributed by atoms with E-state index >= 15 is 0 Å². The fourth-order valence-corrected chi connectivity index (χ4v) is 4.54. The molecule has 2 aromatic rings. The van der Waals surface area contributed by atoms with Gasteiger partial charge < -0.3 is 0 Å². The van der Waals surface area contributed by atoms with Crippen LogP contribution in [0.5, 0.6) is 0 Å². The molecule has 1 heteroatoms. The third-order valence-electron chi connectivity index (χ3n) is 3.15. The molecule has 15 heavy (non-hydrogen) atoms. The van der Waals surface area contributed by atoms with Gasteiger partial charge >= 0.3 is 0 Å². The van der Waals surface area contributed by atoms with Crippen molar-refractivity contribution >= 4 is 14.0 Å². The molecule has 0 fully saturated rings. The van der Waals surface area contributed by atoms with Gasteiger partial charge in [0.25, 0.3) is 0 Å². The van der Waals surface area contributed by atoms with E-state index in [-0.39, 0.29) is 8.80 Å². The van der Waals surface area contributed by atoms with E-state index < -0.39 is 0 Å². The molecular weight excluding hydrogens is 196 g/mol. The van der Waals surface area contributed by atoms with Crippen molar-refractivity contribution in [2.45, 2.75) is 12.6 Å². The minimum absolute atomic E-state index is 0.362. The molecule has 0 spiro atoms. The summed E-state index contributed by atoms with van der Waals surface area (Å²) in [6.45, 7) is 2.42. The van der Waals surface area contributed by atoms with Gasteiger partial charge in [-0.3, -0.25) is 0 Å². The second kappa shape index (κ2) is 3.35. The highest BCUT2D eigenvalue weighted by atomic mass is 28.3. The van der Waals surface area contributed by atoms with E-state index in [1.807, 2.05) is 0 Å². The molecule has 1 radical (unpaired) electrons. The molecule has 0 amide bonds. The molecule has 0 nitrogen and oxygen atoms in total. The van der Waals surface area contributed by atoms with Crippen LogP contribution in [0.3, 0.4) is 0 Å². The second-order valence-corrected chi connectivity index (χ2v) is 6.61. The summed E-state index contributed by atoms with van der Waals surface area (Å²) in [6.07, 6.45) is 0. The van der Waals surface area contributed by atoms with E-state index in [1.54, 1.807) is 5.19 Å². The molecule has 1 heterocycles. The molecular formula is C14H13Si. The molecule has 1 aliphatic heterocycles. The van der Waals surface area contributed by atoms with Crippen LogP contribution in [0.1, 0.15) is 5.56 Å². The highest BCUT2D eigenvalue weighted by Gasteiger charge is 2.21. The summed E-state index contributed by atoms with van der Waals surface area (Å²) in [5.41, 5.74) is 4.45. The van der Waals surface area contributed by atoms with Gasteiger partial charge in [0, 0.05) is 0 Å². The first-order valence-corrected chi connectivity index (χ1v) is 7.57. The maximum absolute atomic E-state index is 2.42. The summed E-state index contributed by atoms with van der Waals surface area (Å²) in [6, 6.07) is 19.0. The lowest BCUT2D eigenvalue weighted by atomic mass is 10.00. The van der Waals surface area contributed by atoms with E-state index in [9.17, 15) is 0 Å². The van der Waals surface area contributed by atoms with Crippen LogP contribution in [0.4, 0.5) is 0 Å². The minimum Gasteiger partial charge on any atom is -0.0666 e. The monoisotopic (exact) mass is 209 g/mol. The number of benzene rings is 2. The first-order valence-electron chi connectivity index (χ1n) is 5.36. The molecule has 0 saturated heterocycles. The van der Waals surface area contributed by atoms with E-state index in [0.717, 1.165) is 0 Å². The van der Waals surface area contributed by atoms with Gasteiger partial charge in [0.05, 0.1) is 8.80 Å². The number of hydrogen-bond acceptors (Lipinski definition) is 0. The van der Waals surface area contributed by atoms with Gasteiger partial charge in [-0.1, -0.05) is 60.3 Å². The van der Waals surface area contributed by atoms with Crippen molar-refractivity contribution in [3.63, 3.8) is 0 Å². The van der Waals surface area contributed by atoms with E-state index in [2.05, 4.69) is 55.1 Å². The zero-order valence-electron chi connectivity index (χ0n) is 8.83. The first-order chi connectivity index (χ1) is 7.36. The SMILES string of the molecule is C[Si]1Cc2ccccc2-c2ccccc21. The fourth-order valence-electron chi connectivity index (χ4n) is 2.41. The van der Waals surface area contributed by atoms with E-state index in [0.29, 0.717) is 0 Å². The molecule has 0 aromatic heterocycles. The maximum atomic E-state index is 2.42. The highest BCUT2D eigenvalue weighted by molar-refractivity contribution is 6.73. The highest BCUT2D eigenvalue weighted by Crippen LogP contribution is 2.27. The predicted octanol–water partition coefficient (Wildman–Crippen LogP) is 2.78. The van der Waals surface area contributed by atoms with Crippen molar-refractivity contribution < 1.29 is 0 Å². The summed E-state index contributed by atoms with van der Waals surface area (Å²) in [5.74, 6) is 0. The normalized spacial score (nSPS) is 14.5. The molecule has 3 rings (SSSR count). The zero-order valence-corrected chi connectivity index (χ0v) is 9.83. The van der Waals surface area contributed by atoms with Gasteiger partial charge in [-0.2, -0.15) is 0 Å². The van der Waals surface area contributed by atoms with Crippen LogP contribution in [0, 0.1) is 0 Å². The average Bonchev–Trinajstić information content (AvgIpc) is 2.30. The van der Waals surface area contributed by atoms with Crippen LogP contribution in [0.25, 0.3) is 11.1 Å². The lowest BCUT2D eigenvalue weighted by Gasteiger charge is -2.23. The van der Waals surface area contributed by atoms with Crippen molar-refractivity contribution in [1.29, 1.82) is 0 Å². The average molecular weight is 209 g/mol. The minimum atomic E-state index is -0.362. The van der Waals surface area contributed by atoms with E-state index in [4.69, 9.17) is 0 Å². The van der Waals surface area contributed by atoms with Gasteiger partial charge in [0.1, 0.15) is 0 Å². The molecule has 1 aliphatic rings. The van der Waals surface area contributed by atoms with Crippen LogP contribution in [-0.2, 0) is 6.04 Å². The topological polar surface area (TPSA) is 0 Å². The first kappa shape index (κ1) is 8.92. The molecule has 0 bridgehead atoms. The molecule has 0 atom stereocenters. The van der Waals surface area contributed by atoms with Crippen molar-refractivity contribution in [2.75, 3.05) is 0 Å². The van der Waals surface area contributed by atoms with Gasteiger partial charge in [-0.25, -0.2) is 0 Å². The van der Waals surface area contributed by atoms with Crippen molar-refractivity contribution in [2.24, 2.45) is 0 Å². The fraction of sp³-hybridized carbons (Fsp3) is 0.143. The van der Waals surface area contributed by atoms with Gasteiger partial charge in [0.15, 0.2) is 0 Å². The molecule has 73 valence electrons. The Kier molecular flexibility index (Phi) is 1.99. The standard InChI is InChI=1S/C14H13Si/c1-15-10-11-6-2-3-7-12(11)13-8-4-5-9-14(13)15/h2-9H,10H2,1H3.